The molecule has 1 atom stereocenters. The van der Waals surface area contributed by atoms with Crippen molar-refractivity contribution in [2.45, 2.75) is 25.4 Å². The van der Waals surface area contributed by atoms with Gasteiger partial charge in [-0.3, -0.25) is 0 Å². The van der Waals surface area contributed by atoms with Crippen LogP contribution in [-0.4, -0.2) is 18.3 Å². The average molecular weight is 309 g/mol. The van der Waals surface area contributed by atoms with Gasteiger partial charge in [0, 0.05) is 0 Å². The summed E-state index contributed by atoms with van der Waals surface area (Å²) in [5, 5.41) is 10.2. The van der Waals surface area contributed by atoms with Crippen LogP contribution in [0, 0.1) is 5.82 Å². The smallest absolute Gasteiger partial charge is 0.141 e. The molecular formula is C17H18ClFO2. The lowest BCUT2D eigenvalue weighted by atomic mass is 10.0. The first kappa shape index (κ1) is 15.8. The number of aliphatic hydroxyl groups excluding tert-OH is 1. The molecule has 2 nitrogen and oxygen atoms in total. The fourth-order valence-corrected chi connectivity index (χ4v) is 2.37. The highest BCUT2D eigenvalue weighted by Gasteiger charge is 2.08. The maximum Gasteiger partial charge on any atom is 0.141 e. The van der Waals surface area contributed by atoms with Gasteiger partial charge < -0.3 is 9.84 Å². The van der Waals surface area contributed by atoms with E-state index in [-0.39, 0.29) is 5.02 Å². The molecule has 0 saturated carbocycles. The summed E-state index contributed by atoms with van der Waals surface area (Å²) >= 11 is 5.73. The highest BCUT2D eigenvalue weighted by atomic mass is 35.5. The molecular weight excluding hydrogens is 291 g/mol. The van der Waals surface area contributed by atoms with Crippen LogP contribution >= 0.6 is 11.6 Å². The topological polar surface area (TPSA) is 29.5 Å². The molecule has 0 spiro atoms. The number of benzene rings is 2. The molecule has 4 heteroatoms. The Hall–Kier alpha value is -1.58. The second kappa shape index (κ2) is 7.43. The number of aliphatic hydroxyl groups is 1. The zero-order valence-corrected chi connectivity index (χ0v) is 12.6. The van der Waals surface area contributed by atoms with Crippen molar-refractivity contribution in [1.82, 2.24) is 0 Å². The van der Waals surface area contributed by atoms with Gasteiger partial charge in [0.05, 0.1) is 18.2 Å². The van der Waals surface area contributed by atoms with E-state index in [9.17, 15) is 9.50 Å². The molecule has 2 aromatic rings. The van der Waals surface area contributed by atoms with Crippen molar-refractivity contribution in [2.75, 3.05) is 7.11 Å². The van der Waals surface area contributed by atoms with Crippen molar-refractivity contribution < 1.29 is 14.2 Å². The van der Waals surface area contributed by atoms with Crippen LogP contribution in [-0.2, 0) is 12.8 Å². The van der Waals surface area contributed by atoms with E-state index in [1.54, 1.807) is 19.2 Å². The Labute approximate surface area is 129 Å². The molecule has 0 bridgehead atoms. The predicted molar refractivity (Wildman–Crippen MR) is 82.4 cm³/mol. The van der Waals surface area contributed by atoms with Crippen molar-refractivity contribution in [2.24, 2.45) is 0 Å². The van der Waals surface area contributed by atoms with E-state index < -0.39 is 11.9 Å². The first-order chi connectivity index (χ1) is 10.1. The zero-order chi connectivity index (χ0) is 15.2. The molecule has 0 aromatic heterocycles. The molecule has 1 N–H and O–H groups in total. The van der Waals surface area contributed by atoms with Crippen LogP contribution in [0.3, 0.4) is 0 Å². The molecule has 0 aliphatic rings. The summed E-state index contributed by atoms with van der Waals surface area (Å²) in [6, 6.07) is 12.3. The number of ether oxygens (including phenoxy) is 1. The third kappa shape index (κ3) is 4.73. The fourth-order valence-electron chi connectivity index (χ4n) is 2.17. The molecule has 2 rings (SSSR count). The summed E-state index contributed by atoms with van der Waals surface area (Å²) in [6.45, 7) is 0. The van der Waals surface area contributed by atoms with Crippen molar-refractivity contribution in [3.63, 3.8) is 0 Å². The van der Waals surface area contributed by atoms with Gasteiger partial charge >= 0.3 is 0 Å². The largest absolute Gasteiger partial charge is 0.497 e. The van der Waals surface area contributed by atoms with Crippen LogP contribution in [0.2, 0.25) is 5.02 Å². The minimum absolute atomic E-state index is 0.0925. The third-order valence-corrected chi connectivity index (χ3v) is 3.67. The van der Waals surface area contributed by atoms with E-state index in [0.29, 0.717) is 12.8 Å². The summed E-state index contributed by atoms with van der Waals surface area (Å²) < 4.78 is 18.2. The zero-order valence-electron chi connectivity index (χ0n) is 11.9. The van der Waals surface area contributed by atoms with E-state index in [2.05, 4.69) is 0 Å². The highest BCUT2D eigenvalue weighted by Crippen LogP contribution is 2.18. The van der Waals surface area contributed by atoms with Gasteiger partial charge in [-0.2, -0.15) is 0 Å². The van der Waals surface area contributed by atoms with Crippen molar-refractivity contribution in [1.29, 1.82) is 0 Å². The number of hydrogen-bond acceptors (Lipinski definition) is 2. The second-order valence-electron chi connectivity index (χ2n) is 4.99. The Bertz CT molecular complexity index is 584. The number of halogens is 2. The molecule has 1 unspecified atom stereocenters. The number of hydrogen-bond donors (Lipinski definition) is 1. The second-order valence-corrected chi connectivity index (χ2v) is 5.40. The Kier molecular flexibility index (Phi) is 5.59. The maximum atomic E-state index is 13.1. The van der Waals surface area contributed by atoms with Crippen LogP contribution in [0.15, 0.2) is 42.5 Å². The molecule has 0 aliphatic heterocycles. The normalized spacial score (nSPS) is 12.2. The number of rotatable bonds is 6. The van der Waals surface area contributed by atoms with Gasteiger partial charge in [0.25, 0.3) is 0 Å². The van der Waals surface area contributed by atoms with Gasteiger partial charge in [0.1, 0.15) is 11.6 Å². The molecule has 0 saturated heterocycles. The SMILES string of the molecule is COc1ccc(CCC(O)Cc2ccc(F)c(Cl)c2)cc1. The molecule has 0 aliphatic carbocycles. The van der Waals surface area contributed by atoms with Gasteiger partial charge in [-0.1, -0.05) is 29.8 Å². The van der Waals surface area contributed by atoms with Crippen LogP contribution in [0.1, 0.15) is 17.5 Å². The Balaban J connectivity index is 1.86. The molecule has 0 amide bonds. The monoisotopic (exact) mass is 308 g/mol. The van der Waals surface area contributed by atoms with Gasteiger partial charge in [0.2, 0.25) is 0 Å². The number of methoxy groups -OCH3 is 1. The van der Waals surface area contributed by atoms with Crippen LogP contribution in [0.4, 0.5) is 4.39 Å². The van der Waals surface area contributed by atoms with Gasteiger partial charge in [-0.05, 0) is 54.7 Å². The van der Waals surface area contributed by atoms with Gasteiger partial charge in [-0.15, -0.1) is 0 Å². The fraction of sp³-hybridized carbons (Fsp3) is 0.294. The molecule has 0 heterocycles. The average Bonchev–Trinajstić information content (AvgIpc) is 2.49. The van der Waals surface area contributed by atoms with Crippen LogP contribution < -0.4 is 4.74 Å². The van der Waals surface area contributed by atoms with E-state index in [4.69, 9.17) is 16.3 Å². The summed E-state index contributed by atoms with van der Waals surface area (Å²) in [4.78, 5) is 0. The minimum atomic E-state index is -0.478. The molecule has 0 fully saturated rings. The predicted octanol–water partition coefficient (Wildman–Crippen LogP) is 4.02. The maximum absolute atomic E-state index is 13.1. The molecule has 112 valence electrons. The third-order valence-electron chi connectivity index (χ3n) is 3.38. The standard InChI is InChI=1S/C17H18ClFO2/c1-21-15-7-3-12(4-8-15)2-6-14(20)10-13-5-9-17(19)16(18)11-13/h3-5,7-9,11,14,20H,2,6,10H2,1H3. The van der Waals surface area contributed by atoms with Crippen molar-refractivity contribution in [3.05, 3.63) is 64.4 Å². The van der Waals surface area contributed by atoms with E-state index in [1.165, 1.54) is 6.07 Å². The van der Waals surface area contributed by atoms with Crippen molar-refractivity contribution in [3.8, 4) is 5.75 Å². The lowest BCUT2D eigenvalue weighted by Crippen LogP contribution is -2.11. The van der Waals surface area contributed by atoms with Crippen LogP contribution in [0.25, 0.3) is 0 Å². The van der Waals surface area contributed by atoms with Crippen LogP contribution in [0.5, 0.6) is 5.75 Å². The summed E-state index contributed by atoms with van der Waals surface area (Å²) in [7, 11) is 1.63. The summed E-state index contributed by atoms with van der Waals surface area (Å²) in [5.41, 5.74) is 1.98. The molecule has 21 heavy (non-hydrogen) atoms. The Morgan fingerprint density at radius 3 is 2.43 bits per heavy atom. The van der Waals surface area contributed by atoms with Gasteiger partial charge in [-0.25, -0.2) is 4.39 Å². The molecule has 2 aromatic carbocycles. The van der Waals surface area contributed by atoms with E-state index in [0.717, 1.165) is 23.3 Å². The molecule has 0 radical (unpaired) electrons. The van der Waals surface area contributed by atoms with Crippen molar-refractivity contribution >= 4 is 11.6 Å². The first-order valence-corrected chi connectivity index (χ1v) is 7.21. The first-order valence-electron chi connectivity index (χ1n) is 6.83. The van der Waals surface area contributed by atoms with E-state index >= 15 is 0 Å². The Morgan fingerprint density at radius 2 is 1.81 bits per heavy atom. The van der Waals surface area contributed by atoms with E-state index in [1.807, 2.05) is 24.3 Å². The number of aryl methyl sites for hydroxylation is 1. The lowest BCUT2D eigenvalue weighted by molar-refractivity contribution is 0.165. The van der Waals surface area contributed by atoms with Gasteiger partial charge in [0.15, 0.2) is 0 Å². The summed E-state index contributed by atoms with van der Waals surface area (Å²) in [5.74, 6) is 0.383. The quantitative estimate of drug-likeness (QED) is 0.873. The minimum Gasteiger partial charge on any atom is -0.497 e. The Morgan fingerprint density at radius 1 is 1.14 bits per heavy atom. The summed E-state index contributed by atoms with van der Waals surface area (Å²) in [6.07, 6.45) is 1.41. The lowest BCUT2D eigenvalue weighted by Gasteiger charge is -2.11. The highest BCUT2D eigenvalue weighted by molar-refractivity contribution is 6.30.